The van der Waals surface area contributed by atoms with E-state index in [9.17, 15) is 20.0 Å². The fourth-order valence-electron chi connectivity index (χ4n) is 4.20. The number of nitriles is 1. The molecule has 0 unspecified atom stereocenters. The molecule has 1 aliphatic carbocycles. The molecule has 0 saturated carbocycles. The number of hydrogen-bond acceptors (Lipinski definition) is 7. The maximum Gasteiger partial charge on any atom is 0.409 e. The quantitative estimate of drug-likeness (QED) is 0.653. The zero-order chi connectivity index (χ0) is 23.2. The number of β-amino-alcohol motifs (C(OH)–C–C–N with tert-alkyl or cyclic N) is 1. The minimum atomic E-state index is -0.480. The SMILES string of the molecule is N#Cc1c(NC(=O)/C=C/c2cccnc2)sc2c1CC[C@@H](COC(=O)N1CCC[C@@H](O)C1)C2. The second kappa shape index (κ2) is 10.6. The average molecular weight is 467 g/mol. The highest BCUT2D eigenvalue weighted by Crippen LogP contribution is 2.39. The lowest BCUT2D eigenvalue weighted by Crippen LogP contribution is -2.42. The maximum absolute atomic E-state index is 12.4. The van der Waals surface area contributed by atoms with Crippen molar-refractivity contribution in [3.63, 3.8) is 0 Å². The Morgan fingerprint density at radius 1 is 1.42 bits per heavy atom. The molecule has 9 heteroatoms. The first kappa shape index (κ1) is 23.0. The van der Waals surface area contributed by atoms with Crippen LogP contribution in [0.25, 0.3) is 6.08 Å². The molecule has 2 aromatic heterocycles. The normalized spacial score (nSPS) is 20.2. The number of nitrogens with zero attached hydrogens (tertiary/aromatic N) is 3. The molecular weight excluding hydrogens is 440 g/mol. The van der Waals surface area contributed by atoms with Crippen molar-refractivity contribution in [2.24, 2.45) is 5.92 Å². The van der Waals surface area contributed by atoms with Crippen molar-refractivity contribution in [1.82, 2.24) is 9.88 Å². The Bertz CT molecular complexity index is 1080. The molecule has 2 atom stereocenters. The number of amides is 2. The Hall–Kier alpha value is -3.22. The zero-order valence-corrected chi connectivity index (χ0v) is 19.0. The van der Waals surface area contributed by atoms with Crippen LogP contribution in [0.2, 0.25) is 0 Å². The van der Waals surface area contributed by atoms with Gasteiger partial charge < -0.3 is 20.1 Å². The summed E-state index contributed by atoms with van der Waals surface area (Å²) in [6.07, 6.45) is 9.28. The molecule has 0 spiro atoms. The summed E-state index contributed by atoms with van der Waals surface area (Å²) in [5.74, 6) is -0.140. The van der Waals surface area contributed by atoms with Gasteiger partial charge in [-0.25, -0.2) is 4.79 Å². The number of rotatable bonds is 5. The van der Waals surface area contributed by atoms with Gasteiger partial charge >= 0.3 is 6.09 Å². The summed E-state index contributed by atoms with van der Waals surface area (Å²) in [5, 5.41) is 22.8. The minimum Gasteiger partial charge on any atom is -0.449 e. The van der Waals surface area contributed by atoms with Crippen LogP contribution in [-0.4, -0.2) is 52.8 Å². The number of piperidine rings is 1. The first-order valence-electron chi connectivity index (χ1n) is 11.1. The first-order chi connectivity index (χ1) is 16.0. The van der Waals surface area contributed by atoms with Crippen LogP contribution in [0.15, 0.2) is 30.6 Å². The summed E-state index contributed by atoms with van der Waals surface area (Å²) >= 11 is 1.42. The van der Waals surface area contributed by atoms with Crippen LogP contribution in [0.1, 0.15) is 40.8 Å². The maximum atomic E-state index is 12.4. The third kappa shape index (κ3) is 5.78. The predicted molar refractivity (Wildman–Crippen MR) is 125 cm³/mol. The van der Waals surface area contributed by atoms with Crippen LogP contribution in [0, 0.1) is 17.2 Å². The van der Waals surface area contributed by atoms with Crippen molar-refractivity contribution in [2.45, 2.75) is 38.2 Å². The number of thiophene rings is 1. The number of ether oxygens (including phenoxy) is 1. The fraction of sp³-hybridized carbons (Fsp3) is 0.417. The molecule has 1 aliphatic heterocycles. The Morgan fingerprint density at radius 3 is 3.06 bits per heavy atom. The van der Waals surface area contributed by atoms with Crippen molar-refractivity contribution in [2.75, 3.05) is 25.0 Å². The number of aliphatic hydroxyl groups is 1. The highest BCUT2D eigenvalue weighted by Gasteiger charge is 2.28. The van der Waals surface area contributed by atoms with Crippen molar-refractivity contribution in [3.8, 4) is 6.07 Å². The van der Waals surface area contributed by atoms with E-state index in [2.05, 4.69) is 16.4 Å². The van der Waals surface area contributed by atoms with Gasteiger partial charge in [0.2, 0.25) is 5.91 Å². The molecule has 0 radical (unpaired) electrons. The third-order valence-electron chi connectivity index (χ3n) is 5.92. The van der Waals surface area contributed by atoms with E-state index in [0.717, 1.165) is 28.8 Å². The minimum absolute atomic E-state index is 0.162. The molecule has 3 heterocycles. The van der Waals surface area contributed by atoms with Gasteiger partial charge in [-0.1, -0.05) is 6.07 Å². The standard InChI is InChI=1S/C24H26N4O4S/c25-12-20-19-7-5-17(15-32-24(31)28-10-2-4-18(29)14-28)11-21(19)33-23(20)27-22(30)8-6-16-3-1-9-26-13-16/h1,3,6,8-9,13,17-18,29H,2,4-5,7,10-11,14-15H2,(H,27,30)/b8-6+/t17-,18-/m1/s1. The van der Waals surface area contributed by atoms with E-state index in [1.807, 2.05) is 6.07 Å². The Balaban J connectivity index is 1.35. The van der Waals surface area contributed by atoms with Crippen molar-refractivity contribution in [1.29, 1.82) is 5.26 Å². The van der Waals surface area contributed by atoms with Gasteiger partial charge in [-0.05, 0) is 61.3 Å². The van der Waals surface area contributed by atoms with Gasteiger partial charge in [0.05, 0.1) is 18.3 Å². The summed E-state index contributed by atoms with van der Waals surface area (Å²) in [7, 11) is 0. The van der Waals surface area contributed by atoms with E-state index >= 15 is 0 Å². The number of pyridine rings is 1. The number of carbonyl (C=O) groups is 2. The number of anilines is 1. The molecule has 2 N–H and O–H groups in total. The predicted octanol–water partition coefficient (Wildman–Crippen LogP) is 3.36. The van der Waals surface area contributed by atoms with Crippen molar-refractivity contribution >= 4 is 34.4 Å². The molecule has 2 aromatic rings. The van der Waals surface area contributed by atoms with Crippen LogP contribution in [0.5, 0.6) is 0 Å². The Morgan fingerprint density at radius 2 is 2.30 bits per heavy atom. The highest BCUT2D eigenvalue weighted by atomic mass is 32.1. The lowest BCUT2D eigenvalue weighted by atomic mass is 9.88. The van der Waals surface area contributed by atoms with Gasteiger partial charge in [0.1, 0.15) is 11.1 Å². The lowest BCUT2D eigenvalue weighted by Gasteiger charge is -2.30. The van der Waals surface area contributed by atoms with Gasteiger partial charge in [-0.2, -0.15) is 5.26 Å². The summed E-state index contributed by atoms with van der Waals surface area (Å²) < 4.78 is 5.52. The molecule has 1 saturated heterocycles. The molecule has 2 aliphatic rings. The molecule has 0 aromatic carbocycles. The van der Waals surface area contributed by atoms with Crippen LogP contribution in [-0.2, 0) is 22.4 Å². The average Bonchev–Trinajstić information content (AvgIpc) is 3.17. The second-order valence-corrected chi connectivity index (χ2v) is 9.46. The molecule has 0 bridgehead atoms. The summed E-state index contributed by atoms with van der Waals surface area (Å²) in [6, 6.07) is 5.88. The van der Waals surface area contributed by atoms with E-state index in [1.165, 1.54) is 17.4 Å². The molecule has 33 heavy (non-hydrogen) atoms. The Labute approximate surface area is 196 Å². The highest BCUT2D eigenvalue weighted by molar-refractivity contribution is 7.16. The smallest absolute Gasteiger partial charge is 0.409 e. The van der Waals surface area contributed by atoms with Gasteiger partial charge in [-0.15, -0.1) is 11.3 Å². The monoisotopic (exact) mass is 466 g/mol. The van der Waals surface area contributed by atoms with Crippen LogP contribution < -0.4 is 5.32 Å². The molecular formula is C24H26N4O4S. The summed E-state index contributed by atoms with van der Waals surface area (Å²) in [6.45, 7) is 1.24. The van der Waals surface area contributed by atoms with E-state index < -0.39 is 6.10 Å². The van der Waals surface area contributed by atoms with E-state index in [0.29, 0.717) is 49.5 Å². The van der Waals surface area contributed by atoms with E-state index in [1.54, 1.807) is 29.4 Å². The van der Waals surface area contributed by atoms with E-state index in [-0.39, 0.29) is 17.9 Å². The summed E-state index contributed by atoms with van der Waals surface area (Å²) in [4.78, 5) is 31.3. The number of aliphatic hydroxyl groups excluding tert-OH is 1. The number of hydrogen-bond donors (Lipinski definition) is 2. The van der Waals surface area contributed by atoms with Crippen LogP contribution >= 0.6 is 11.3 Å². The lowest BCUT2D eigenvalue weighted by molar-refractivity contribution is -0.111. The fourth-order valence-corrected chi connectivity index (χ4v) is 5.52. The molecule has 4 rings (SSSR count). The Kier molecular flexibility index (Phi) is 7.37. The molecule has 8 nitrogen and oxygen atoms in total. The number of carbonyl (C=O) groups excluding carboxylic acids is 2. The first-order valence-corrected chi connectivity index (χ1v) is 11.9. The summed E-state index contributed by atoms with van der Waals surface area (Å²) in [5.41, 5.74) is 2.32. The van der Waals surface area contributed by atoms with Crippen LogP contribution in [0.4, 0.5) is 9.80 Å². The van der Waals surface area contributed by atoms with Crippen molar-refractivity contribution in [3.05, 3.63) is 52.2 Å². The number of fused-ring (bicyclic) bond motifs is 1. The zero-order valence-electron chi connectivity index (χ0n) is 18.2. The number of nitrogens with one attached hydrogen (secondary N) is 1. The molecule has 1 fully saturated rings. The number of likely N-dealkylation sites (tertiary alicyclic amines) is 1. The van der Waals surface area contributed by atoms with Crippen LogP contribution in [0.3, 0.4) is 0 Å². The van der Waals surface area contributed by atoms with E-state index in [4.69, 9.17) is 4.74 Å². The van der Waals surface area contributed by atoms with Gasteiger partial charge in [-0.3, -0.25) is 9.78 Å². The van der Waals surface area contributed by atoms with Crippen molar-refractivity contribution < 1.29 is 19.4 Å². The van der Waals surface area contributed by atoms with Gasteiger partial charge in [0, 0.05) is 36.4 Å². The van der Waals surface area contributed by atoms with Gasteiger partial charge in [0.15, 0.2) is 0 Å². The van der Waals surface area contributed by atoms with Gasteiger partial charge in [0.25, 0.3) is 0 Å². The topological polar surface area (TPSA) is 116 Å². The number of aromatic nitrogens is 1. The molecule has 2 amide bonds. The second-order valence-electron chi connectivity index (χ2n) is 8.36. The largest absolute Gasteiger partial charge is 0.449 e. The molecule has 172 valence electrons. The third-order valence-corrected chi connectivity index (χ3v) is 7.09.